The zero-order chi connectivity index (χ0) is 30.5. The van der Waals surface area contributed by atoms with Crippen molar-refractivity contribution in [3.63, 3.8) is 0 Å². The monoisotopic (exact) mass is 584 g/mol. The standard InChI is InChI=1S/C33H36N4O6/c1-22(2)31-33(40)35(20-24-10-13-27(38)14-11-24)26(17-23-7-4-3-5-8-23)21-36(31)29-15-12-25(18-30(29)37(41)42)32(39)34-19-28-9-6-16-43-28/h3-5,7-8,10-15,18,21-22,28,31,38H,6,9,16-17,19-20H2,1-2H3,(H,34,39)/t28-,31+/m0/s1. The molecule has 10 nitrogen and oxygen atoms in total. The second-order valence-electron chi connectivity index (χ2n) is 11.3. The van der Waals surface area contributed by atoms with E-state index in [0.29, 0.717) is 25.3 Å². The van der Waals surface area contributed by atoms with Gasteiger partial charge >= 0.3 is 0 Å². The highest BCUT2D eigenvalue weighted by molar-refractivity contribution is 5.96. The summed E-state index contributed by atoms with van der Waals surface area (Å²) in [6.45, 7) is 5.10. The van der Waals surface area contributed by atoms with Crippen LogP contribution < -0.4 is 10.2 Å². The quantitative estimate of drug-likeness (QED) is 0.249. The Morgan fingerprint density at radius 3 is 2.49 bits per heavy atom. The summed E-state index contributed by atoms with van der Waals surface area (Å²) in [7, 11) is 0. The third kappa shape index (κ3) is 6.86. The summed E-state index contributed by atoms with van der Waals surface area (Å²) in [5.74, 6) is -0.667. The van der Waals surface area contributed by atoms with Crippen LogP contribution in [0.5, 0.6) is 5.75 Å². The average molecular weight is 585 g/mol. The predicted molar refractivity (Wildman–Crippen MR) is 162 cm³/mol. The van der Waals surface area contributed by atoms with Crippen LogP contribution in [0.4, 0.5) is 11.4 Å². The van der Waals surface area contributed by atoms with E-state index in [9.17, 15) is 24.8 Å². The number of rotatable bonds is 10. The van der Waals surface area contributed by atoms with E-state index in [1.165, 1.54) is 6.07 Å². The number of nitro groups is 1. The number of carbonyl (C=O) groups excluding carboxylic acids is 2. The van der Waals surface area contributed by atoms with Crippen molar-refractivity contribution >= 4 is 23.2 Å². The zero-order valence-electron chi connectivity index (χ0n) is 24.3. The maximum absolute atomic E-state index is 14.2. The topological polar surface area (TPSA) is 125 Å². The lowest BCUT2D eigenvalue weighted by molar-refractivity contribution is -0.384. The molecular weight excluding hydrogens is 548 g/mol. The van der Waals surface area contributed by atoms with Crippen molar-refractivity contribution in [1.82, 2.24) is 10.2 Å². The number of hydrogen-bond donors (Lipinski definition) is 2. The van der Waals surface area contributed by atoms with Crippen molar-refractivity contribution < 1.29 is 24.4 Å². The van der Waals surface area contributed by atoms with Crippen LogP contribution in [0, 0.1) is 16.0 Å². The fourth-order valence-corrected chi connectivity index (χ4v) is 5.61. The number of phenolic OH excluding ortho intramolecular Hbond substituents is 1. The lowest BCUT2D eigenvalue weighted by Gasteiger charge is -2.42. The van der Waals surface area contributed by atoms with Crippen molar-refractivity contribution in [1.29, 1.82) is 0 Å². The van der Waals surface area contributed by atoms with E-state index in [4.69, 9.17) is 4.74 Å². The van der Waals surface area contributed by atoms with Crippen LogP contribution in [-0.2, 0) is 22.5 Å². The molecule has 2 heterocycles. The molecule has 0 bridgehead atoms. The number of ether oxygens (including phenoxy) is 1. The number of nitro benzene ring substituents is 1. The first-order valence-electron chi connectivity index (χ1n) is 14.5. The molecule has 43 heavy (non-hydrogen) atoms. The summed E-state index contributed by atoms with van der Waals surface area (Å²) >= 11 is 0. The molecule has 3 aromatic rings. The number of allylic oxidation sites excluding steroid dienone is 1. The van der Waals surface area contributed by atoms with Crippen molar-refractivity contribution in [2.75, 3.05) is 18.1 Å². The van der Waals surface area contributed by atoms with Gasteiger partial charge in [0.2, 0.25) is 5.91 Å². The van der Waals surface area contributed by atoms with E-state index in [1.54, 1.807) is 46.2 Å². The average Bonchev–Trinajstić information content (AvgIpc) is 3.52. The van der Waals surface area contributed by atoms with Gasteiger partial charge in [0.25, 0.3) is 11.6 Å². The predicted octanol–water partition coefficient (Wildman–Crippen LogP) is 5.17. The van der Waals surface area contributed by atoms with Gasteiger partial charge in [-0.05, 0) is 54.2 Å². The fraction of sp³-hybridized carbons (Fsp3) is 0.333. The van der Waals surface area contributed by atoms with E-state index in [-0.39, 0.29) is 47.2 Å². The number of nitrogens with zero attached hydrogens (tertiary/aromatic N) is 3. The number of anilines is 1. The van der Waals surface area contributed by atoms with Crippen LogP contribution in [0.3, 0.4) is 0 Å². The first-order chi connectivity index (χ1) is 20.7. The lowest BCUT2D eigenvalue weighted by atomic mass is 9.95. The first-order valence-corrected chi connectivity index (χ1v) is 14.5. The second-order valence-corrected chi connectivity index (χ2v) is 11.3. The van der Waals surface area contributed by atoms with Gasteiger partial charge < -0.3 is 25.0 Å². The second kappa shape index (κ2) is 13.1. The number of phenols is 1. The van der Waals surface area contributed by atoms with Gasteiger partial charge in [0.05, 0.1) is 17.6 Å². The van der Waals surface area contributed by atoms with Gasteiger partial charge in [-0.2, -0.15) is 0 Å². The number of benzene rings is 3. The van der Waals surface area contributed by atoms with Crippen LogP contribution in [0.15, 0.2) is 84.7 Å². The van der Waals surface area contributed by atoms with Crippen LogP contribution in [0.25, 0.3) is 0 Å². The third-order valence-electron chi connectivity index (χ3n) is 7.82. The van der Waals surface area contributed by atoms with E-state index < -0.39 is 16.9 Å². The van der Waals surface area contributed by atoms with Crippen molar-refractivity contribution in [2.45, 2.75) is 51.8 Å². The van der Waals surface area contributed by atoms with Crippen molar-refractivity contribution in [3.8, 4) is 5.75 Å². The van der Waals surface area contributed by atoms with Crippen LogP contribution >= 0.6 is 0 Å². The molecule has 0 radical (unpaired) electrons. The summed E-state index contributed by atoms with van der Waals surface area (Å²) in [5, 5.41) is 24.9. The van der Waals surface area contributed by atoms with E-state index >= 15 is 0 Å². The highest BCUT2D eigenvalue weighted by Gasteiger charge is 2.40. The molecule has 5 rings (SSSR count). The molecule has 0 aromatic heterocycles. The molecule has 3 aromatic carbocycles. The minimum absolute atomic E-state index is 0.0536. The summed E-state index contributed by atoms with van der Waals surface area (Å²) in [5.41, 5.74) is 2.64. The van der Waals surface area contributed by atoms with Crippen LogP contribution in [0.2, 0.25) is 0 Å². The summed E-state index contributed by atoms with van der Waals surface area (Å²) in [6, 6.07) is 20.1. The Balaban J connectivity index is 1.53. The number of amides is 2. The fourth-order valence-electron chi connectivity index (χ4n) is 5.61. The molecule has 2 N–H and O–H groups in total. The number of carbonyl (C=O) groups is 2. The first kappa shape index (κ1) is 29.8. The molecular formula is C33H36N4O6. The van der Waals surface area contributed by atoms with Gasteiger partial charge in [0.15, 0.2) is 0 Å². The van der Waals surface area contributed by atoms with E-state index in [1.807, 2.05) is 50.4 Å². The smallest absolute Gasteiger partial charge is 0.293 e. The number of aromatic hydroxyl groups is 1. The highest BCUT2D eigenvalue weighted by Crippen LogP contribution is 2.37. The Bertz CT molecular complexity index is 1500. The minimum Gasteiger partial charge on any atom is -0.508 e. The van der Waals surface area contributed by atoms with Gasteiger partial charge in [-0.25, -0.2) is 0 Å². The number of hydrogen-bond acceptors (Lipinski definition) is 7. The SMILES string of the molecule is CC(C)[C@@H]1C(=O)N(Cc2ccc(O)cc2)C(Cc2ccccc2)=CN1c1ccc(C(=O)NC[C@@H]2CCCO2)cc1[N+](=O)[O-]. The molecule has 2 atom stereocenters. The third-order valence-corrected chi connectivity index (χ3v) is 7.82. The van der Waals surface area contributed by atoms with Crippen molar-refractivity contribution in [3.05, 3.63) is 111 Å². The molecule has 0 spiro atoms. The maximum Gasteiger partial charge on any atom is 0.293 e. The van der Waals surface area contributed by atoms with Crippen LogP contribution in [-0.4, -0.2) is 52.0 Å². The Morgan fingerprint density at radius 2 is 1.84 bits per heavy atom. The van der Waals surface area contributed by atoms with Crippen LogP contribution in [0.1, 0.15) is 48.2 Å². The Morgan fingerprint density at radius 1 is 1.09 bits per heavy atom. The normalized spacial score (nSPS) is 18.6. The van der Waals surface area contributed by atoms with E-state index in [0.717, 1.165) is 24.0 Å². The molecule has 0 saturated carbocycles. The van der Waals surface area contributed by atoms with Gasteiger partial charge in [0.1, 0.15) is 17.5 Å². The largest absolute Gasteiger partial charge is 0.508 e. The minimum atomic E-state index is -0.727. The molecule has 0 unspecified atom stereocenters. The van der Waals surface area contributed by atoms with Gasteiger partial charge in [0, 0.05) is 43.1 Å². The Kier molecular flexibility index (Phi) is 9.06. The molecule has 2 aliphatic rings. The Hall–Kier alpha value is -4.70. The molecule has 10 heteroatoms. The molecule has 1 saturated heterocycles. The summed E-state index contributed by atoms with van der Waals surface area (Å²) in [6.07, 6.45) is 3.99. The van der Waals surface area contributed by atoms with Crippen molar-refractivity contribution in [2.24, 2.45) is 5.92 Å². The lowest BCUT2D eigenvalue weighted by Crippen LogP contribution is -2.53. The van der Waals surface area contributed by atoms with Gasteiger partial charge in [-0.15, -0.1) is 0 Å². The van der Waals surface area contributed by atoms with E-state index in [2.05, 4.69) is 5.32 Å². The van der Waals surface area contributed by atoms with Gasteiger partial charge in [-0.1, -0.05) is 56.3 Å². The highest BCUT2D eigenvalue weighted by atomic mass is 16.6. The summed E-state index contributed by atoms with van der Waals surface area (Å²) < 4.78 is 5.56. The molecule has 2 amide bonds. The summed E-state index contributed by atoms with van der Waals surface area (Å²) in [4.78, 5) is 42.4. The molecule has 1 fully saturated rings. The Labute approximate surface area is 250 Å². The number of nitrogens with one attached hydrogen (secondary N) is 1. The maximum atomic E-state index is 14.2. The zero-order valence-corrected chi connectivity index (χ0v) is 24.3. The van der Waals surface area contributed by atoms with Gasteiger partial charge in [-0.3, -0.25) is 19.7 Å². The molecule has 0 aliphatic carbocycles. The molecule has 224 valence electrons. The molecule has 2 aliphatic heterocycles.